The normalized spacial score (nSPS) is 24.5. The Kier molecular flexibility index (Phi) is 4.02. The number of hydrogen-bond acceptors (Lipinski definition) is 9. The van der Waals surface area contributed by atoms with Gasteiger partial charge < -0.3 is 25.5 Å². The molecule has 10 heteroatoms. The van der Waals surface area contributed by atoms with Crippen LogP contribution >= 0.6 is 0 Å². The van der Waals surface area contributed by atoms with E-state index in [0.29, 0.717) is 0 Å². The number of aliphatic carboxylic acids is 1. The molecule has 1 rings (SSSR count). The van der Waals surface area contributed by atoms with E-state index < -0.39 is 42.0 Å². The van der Waals surface area contributed by atoms with Crippen molar-refractivity contribution in [3.8, 4) is 0 Å². The maximum Gasteiger partial charge on any atom is 0.374 e. The summed E-state index contributed by atoms with van der Waals surface area (Å²) >= 11 is 0. The fourth-order valence-electron chi connectivity index (χ4n) is 1.48. The van der Waals surface area contributed by atoms with Gasteiger partial charge in [0.15, 0.2) is 5.78 Å². The van der Waals surface area contributed by atoms with E-state index in [2.05, 4.69) is 14.8 Å². The molecule has 0 spiro atoms. The quantitative estimate of drug-likeness (QED) is 0.308. The third-order valence-corrected chi connectivity index (χ3v) is 2.60. The van der Waals surface area contributed by atoms with Crippen LogP contribution in [0.15, 0.2) is 0 Å². The molecule has 0 unspecified atom stereocenters. The van der Waals surface area contributed by atoms with Crippen LogP contribution in [0.5, 0.6) is 0 Å². The lowest BCUT2D eigenvalue weighted by Crippen LogP contribution is -2.76. The van der Waals surface area contributed by atoms with Crippen molar-refractivity contribution in [3.05, 3.63) is 0 Å². The first-order valence-corrected chi connectivity index (χ1v) is 4.71. The van der Waals surface area contributed by atoms with Gasteiger partial charge in [0.1, 0.15) is 12.2 Å². The van der Waals surface area contributed by atoms with Gasteiger partial charge in [-0.3, -0.25) is 4.79 Å². The molecule has 10 nitrogen and oxygen atoms in total. The van der Waals surface area contributed by atoms with Gasteiger partial charge in [-0.1, -0.05) is 5.04 Å². The minimum atomic E-state index is -3.17. The van der Waals surface area contributed by atoms with E-state index in [1.807, 2.05) is 0 Å². The van der Waals surface area contributed by atoms with E-state index in [4.69, 9.17) is 10.2 Å². The monoisotopic (exact) mass is 268 g/mol. The van der Waals surface area contributed by atoms with Crippen molar-refractivity contribution in [3.63, 3.8) is 0 Å². The molecule has 18 heavy (non-hydrogen) atoms. The Labute approximate surface area is 99.8 Å². The largest absolute Gasteiger partial charge is 0.477 e. The smallest absolute Gasteiger partial charge is 0.374 e. The summed E-state index contributed by atoms with van der Waals surface area (Å²) in [5.41, 5.74) is -3.17. The van der Waals surface area contributed by atoms with E-state index >= 15 is 0 Å². The second-order valence-corrected chi connectivity index (χ2v) is 3.67. The molecule has 104 valence electrons. The van der Waals surface area contributed by atoms with Crippen LogP contribution in [0.1, 0.15) is 6.92 Å². The topological polar surface area (TPSA) is 163 Å². The lowest BCUT2D eigenvalue weighted by molar-refractivity contribution is -0.732. The van der Waals surface area contributed by atoms with Crippen molar-refractivity contribution in [1.82, 2.24) is 0 Å². The number of ketones is 1. The SMILES string of the molecule is CC(=O)[C@](O)([C@H](O)[C@H](O)CO)C1(C(=O)O)OOO1. The van der Waals surface area contributed by atoms with Gasteiger partial charge in [-0.15, -0.1) is 0 Å². The van der Waals surface area contributed by atoms with Crippen molar-refractivity contribution in [2.24, 2.45) is 0 Å². The van der Waals surface area contributed by atoms with Crippen LogP contribution in [0.2, 0.25) is 0 Å². The molecule has 0 amide bonds. The number of carboxylic acids is 1. The number of hydrogen-bond donors (Lipinski definition) is 5. The van der Waals surface area contributed by atoms with Gasteiger partial charge >= 0.3 is 11.8 Å². The summed E-state index contributed by atoms with van der Waals surface area (Å²) in [5, 5.41) is 50.1. The highest BCUT2D eigenvalue weighted by molar-refractivity contribution is 5.94. The van der Waals surface area contributed by atoms with E-state index in [1.165, 1.54) is 0 Å². The van der Waals surface area contributed by atoms with Crippen molar-refractivity contribution in [1.29, 1.82) is 0 Å². The summed E-state index contributed by atoms with van der Waals surface area (Å²) in [7, 11) is 0. The maximum atomic E-state index is 11.4. The van der Waals surface area contributed by atoms with Gasteiger partial charge in [0, 0.05) is 0 Å². The zero-order chi connectivity index (χ0) is 14.1. The van der Waals surface area contributed by atoms with Crippen LogP contribution in [0.25, 0.3) is 0 Å². The third kappa shape index (κ3) is 1.80. The Hall–Kier alpha value is -1.14. The van der Waals surface area contributed by atoms with Crippen LogP contribution in [0.3, 0.4) is 0 Å². The molecule has 1 aliphatic rings. The summed E-state index contributed by atoms with van der Waals surface area (Å²) in [6.45, 7) is -0.295. The molecular weight excluding hydrogens is 256 g/mol. The standard InChI is InChI=1S/C8H12O10/c1-3(10)7(15,5(12)4(11)2-9)8(6(13)14)16-18-17-8/h4-5,9,11-12,15H,2H2,1H3,(H,13,14)/t4-,5-,7+/m1/s1. The summed E-state index contributed by atoms with van der Waals surface area (Å²) in [4.78, 5) is 30.5. The van der Waals surface area contributed by atoms with Crippen LogP contribution in [0.4, 0.5) is 0 Å². The van der Waals surface area contributed by atoms with Crippen molar-refractivity contribution >= 4 is 11.8 Å². The molecule has 0 aromatic heterocycles. The highest BCUT2D eigenvalue weighted by atomic mass is 17.6. The van der Waals surface area contributed by atoms with E-state index in [1.54, 1.807) is 0 Å². The second kappa shape index (κ2) is 4.85. The molecule has 0 aromatic rings. The lowest BCUT2D eigenvalue weighted by atomic mass is 9.80. The summed E-state index contributed by atoms with van der Waals surface area (Å²) in [6.07, 6.45) is -4.37. The third-order valence-electron chi connectivity index (χ3n) is 2.60. The van der Waals surface area contributed by atoms with Crippen molar-refractivity contribution < 1.29 is 49.9 Å². The van der Waals surface area contributed by atoms with E-state index in [-0.39, 0.29) is 0 Å². The van der Waals surface area contributed by atoms with Crippen LogP contribution in [-0.2, 0) is 24.4 Å². The minimum Gasteiger partial charge on any atom is -0.477 e. The molecule has 1 saturated heterocycles. The van der Waals surface area contributed by atoms with Gasteiger partial charge in [-0.25, -0.2) is 4.79 Å². The van der Waals surface area contributed by atoms with Crippen LogP contribution in [0, 0.1) is 0 Å². The lowest BCUT2D eigenvalue weighted by Gasteiger charge is -2.45. The number of rotatable bonds is 6. The second-order valence-electron chi connectivity index (χ2n) is 3.67. The molecule has 1 aliphatic heterocycles. The highest BCUT2D eigenvalue weighted by Crippen LogP contribution is 2.39. The molecular formula is C8H12O10. The molecule has 0 bridgehead atoms. The van der Waals surface area contributed by atoms with E-state index in [9.17, 15) is 24.9 Å². The Balaban J connectivity index is 3.23. The molecule has 0 aromatic carbocycles. The van der Waals surface area contributed by atoms with Gasteiger partial charge in [0.2, 0.25) is 5.60 Å². The zero-order valence-corrected chi connectivity index (χ0v) is 9.14. The summed E-state index contributed by atoms with van der Waals surface area (Å²) in [6, 6.07) is 0. The average molecular weight is 268 g/mol. The Morgan fingerprint density at radius 2 is 1.83 bits per heavy atom. The molecule has 0 radical (unpaired) electrons. The molecule has 1 heterocycles. The average Bonchev–Trinajstić information content (AvgIpc) is 2.24. The van der Waals surface area contributed by atoms with Gasteiger partial charge in [-0.2, -0.15) is 9.78 Å². The number of aliphatic hydroxyl groups excluding tert-OH is 3. The molecule has 1 fully saturated rings. The highest BCUT2D eigenvalue weighted by Gasteiger charge is 2.74. The fourth-order valence-corrected chi connectivity index (χ4v) is 1.48. The summed E-state index contributed by atoms with van der Waals surface area (Å²) < 4.78 is 0. The number of carboxylic acid groups (broad SMARTS) is 1. The minimum absolute atomic E-state index is 0.739. The fraction of sp³-hybridized carbons (Fsp3) is 0.750. The van der Waals surface area contributed by atoms with Gasteiger partial charge in [0.25, 0.3) is 0 Å². The maximum absolute atomic E-state index is 11.4. The van der Waals surface area contributed by atoms with Crippen LogP contribution < -0.4 is 0 Å². The Morgan fingerprint density at radius 3 is 2.06 bits per heavy atom. The first-order chi connectivity index (χ1) is 8.24. The van der Waals surface area contributed by atoms with Crippen molar-refractivity contribution in [2.45, 2.75) is 30.5 Å². The molecule has 0 saturated carbocycles. The summed E-state index contributed by atoms with van der Waals surface area (Å²) in [5.74, 6) is -6.25. The molecule has 5 N–H and O–H groups in total. The number of aliphatic hydroxyl groups is 4. The Bertz CT molecular complexity index is 350. The number of carbonyl (C=O) groups excluding carboxylic acids is 1. The number of Topliss-reactive ketones (excluding diaryl/α,β-unsaturated/α-hetero) is 1. The van der Waals surface area contributed by atoms with Crippen LogP contribution in [-0.4, -0.2) is 67.5 Å². The first kappa shape index (κ1) is 14.9. The Morgan fingerprint density at radius 1 is 1.33 bits per heavy atom. The zero-order valence-electron chi connectivity index (χ0n) is 9.14. The predicted molar refractivity (Wildman–Crippen MR) is 48.4 cm³/mol. The van der Waals surface area contributed by atoms with Crippen molar-refractivity contribution in [2.75, 3.05) is 6.61 Å². The van der Waals surface area contributed by atoms with Gasteiger partial charge in [-0.05, 0) is 6.92 Å². The van der Waals surface area contributed by atoms with Gasteiger partial charge in [0.05, 0.1) is 6.61 Å². The van der Waals surface area contributed by atoms with E-state index in [0.717, 1.165) is 6.92 Å². The predicted octanol–water partition coefficient (Wildman–Crippen LogP) is -3.31. The molecule has 3 atom stereocenters. The molecule has 0 aliphatic carbocycles. The number of carbonyl (C=O) groups is 2. The first-order valence-electron chi connectivity index (χ1n) is 4.71.